The van der Waals surface area contributed by atoms with Crippen LogP contribution in [-0.4, -0.2) is 16.7 Å². The molecule has 0 amide bonds. The number of rotatable bonds is 4. The van der Waals surface area contributed by atoms with Gasteiger partial charge in [-0.1, -0.05) is 6.92 Å². The molecular formula is C8H19NO3. The largest absolute Gasteiger partial charge is 0.550 e. The molecule has 5 N–H and O–H groups in total. The van der Waals surface area contributed by atoms with Gasteiger partial charge in [0.2, 0.25) is 0 Å². The first kappa shape index (κ1) is 13.9. The second-order valence-electron chi connectivity index (χ2n) is 3.70. The lowest BCUT2D eigenvalue weighted by molar-refractivity contribution is -0.306. The third-order valence-corrected chi connectivity index (χ3v) is 1.36. The van der Waals surface area contributed by atoms with Crippen LogP contribution in [0.4, 0.5) is 0 Å². The highest BCUT2D eigenvalue weighted by Crippen LogP contribution is 2.17. The van der Waals surface area contributed by atoms with E-state index in [0.717, 1.165) is 0 Å². The zero-order chi connectivity index (χ0) is 9.07. The molecule has 0 saturated carbocycles. The van der Waals surface area contributed by atoms with Gasteiger partial charge in [-0.25, -0.2) is 0 Å². The van der Waals surface area contributed by atoms with Crippen molar-refractivity contribution in [2.24, 2.45) is 5.92 Å². The second kappa shape index (κ2) is 5.11. The monoisotopic (exact) mass is 177 g/mol. The SMILES string of the molecule is CC(CC(=O)[O-])CC(C)(C)O.[NH4+]. The molecule has 0 aromatic carbocycles. The summed E-state index contributed by atoms with van der Waals surface area (Å²) < 4.78 is 0. The molecule has 0 radical (unpaired) electrons. The molecule has 0 aliphatic rings. The Morgan fingerprint density at radius 1 is 1.58 bits per heavy atom. The molecule has 4 nitrogen and oxygen atoms in total. The molecule has 1 atom stereocenters. The van der Waals surface area contributed by atoms with E-state index >= 15 is 0 Å². The van der Waals surface area contributed by atoms with Crippen molar-refractivity contribution in [3.05, 3.63) is 0 Å². The number of carbonyl (C=O) groups excluding carboxylic acids is 1. The van der Waals surface area contributed by atoms with Crippen LogP contribution in [-0.2, 0) is 4.79 Å². The number of quaternary nitrogens is 1. The minimum atomic E-state index is -1.05. The van der Waals surface area contributed by atoms with Crippen molar-refractivity contribution in [2.75, 3.05) is 0 Å². The Morgan fingerprint density at radius 2 is 2.00 bits per heavy atom. The molecule has 0 heterocycles. The molecule has 0 aliphatic heterocycles. The molecule has 1 unspecified atom stereocenters. The van der Waals surface area contributed by atoms with Crippen LogP contribution in [0.25, 0.3) is 0 Å². The van der Waals surface area contributed by atoms with E-state index in [1.807, 2.05) is 0 Å². The summed E-state index contributed by atoms with van der Waals surface area (Å²) >= 11 is 0. The van der Waals surface area contributed by atoms with Gasteiger partial charge in [0.1, 0.15) is 0 Å². The predicted molar refractivity (Wildman–Crippen MR) is 45.7 cm³/mol. The number of hydrogen-bond acceptors (Lipinski definition) is 3. The molecule has 0 spiro atoms. The van der Waals surface area contributed by atoms with Crippen molar-refractivity contribution < 1.29 is 15.0 Å². The molecule has 0 fully saturated rings. The predicted octanol–water partition coefficient (Wildman–Crippen LogP) is 0.300. The molecule has 74 valence electrons. The van der Waals surface area contributed by atoms with Crippen LogP contribution >= 0.6 is 0 Å². The standard InChI is InChI=1S/C8H16O3.H3N/c1-6(4-7(9)10)5-8(2,3)11;/h6,11H,4-5H2,1-3H3,(H,9,10);1H3. The number of carboxylic acids is 1. The maximum Gasteiger partial charge on any atom is 0.0594 e. The van der Waals surface area contributed by atoms with E-state index in [0.29, 0.717) is 6.42 Å². The summed E-state index contributed by atoms with van der Waals surface area (Å²) in [6.07, 6.45) is 0.505. The smallest absolute Gasteiger partial charge is 0.0594 e. The van der Waals surface area contributed by atoms with Gasteiger partial charge in [-0.15, -0.1) is 0 Å². The maximum atomic E-state index is 10.1. The van der Waals surface area contributed by atoms with E-state index in [-0.39, 0.29) is 18.5 Å². The number of aliphatic carboxylic acids is 1. The lowest BCUT2D eigenvalue weighted by Gasteiger charge is -2.22. The summed E-state index contributed by atoms with van der Waals surface area (Å²) in [6.45, 7) is 5.12. The van der Waals surface area contributed by atoms with Crippen LogP contribution in [0, 0.1) is 5.92 Å². The number of aliphatic hydroxyl groups is 1. The minimum Gasteiger partial charge on any atom is -0.550 e. The summed E-state index contributed by atoms with van der Waals surface area (Å²) in [5.41, 5.74) is -0.783. The van der Waals surface area contributed by atoms with E-state index in [9.17, 15) is 15.0 Å². The van der Waals surface area contributed by atoms with Gasteiger partial charge in [0.05, 0.1) is 5.60 Å². The highest BCUT2D eigenvalue weighted by atomic mass is 16.4. The molecule has 0 aromatic rings. The molecule has 0 aliphatic carbocycles. The van der Waals surface area contributed by atoms with Crippen LogP contribution < -0.4 is 11.3 Å². The van der Waals surface area contributed by atoms with Gasteiger partial charge in [-0.3, -0.25) is 0 Å². The fourth-order valence-electron chi connectivity index (χ4n) is 1.21. The van der Waals surface area contributed by atoms with Crippen molar-refractivity contribution in [1.29, 1.82) is 0 Å². The van der Waals surface area contributed by atoms with Gasteiger partial charge in [0.15, 0.2) is 0 Å². The lowest BCUT2D eigenvalue weighted by atomic mass is 9.93. The van der Waals surface area contributed by atoms with Gasteiger partial charge in [-0.05, 0) is 32.6 Å². The first-order chi connectivity index (χ1) is 4.81. The van der Waals surface area contributed by atoms with Crippen molar-refractivity contribution >= 4 is 5.97 Å². The van der Waals surface area contributed by atoms with E-state index in [1.165, 1.54) is 0 Å². The summed E-state index contributed by atoms with van der Waals surface area (Å²) in [7, 11) is 0. The van der Waals surface area contributed by atoms with Crippen molar-refractivity contribution in [3.63, 3.8) is 0 Å². The van der Waals surface area contributed by atoms with E-state index < -0.39 is 11.6 Å². The van der Waals surface area contributed by atoms with Gasteiger partial charge in [0, 0.05) is 5.97 Å². The number of hydrogen-bond donors (Lipinski definition) is 2. The normalized spacial score (nSPS) is 13.3. The summed E-state index contributed by atoms with van der Waals surface area (Å²) in [6, 6.07) is 0. The Hall–Kier alpha value is -0.610. The van der Waals surface area contributed by atoms with E-state index in [1.54, 1.807) is 20.8 Å². The van der Waals surface area contributed by atoms with Crippen molar-refractivity contribution in [2.45, 2.75) is 39.2 Å². The van der Waals surface area contributed by atoms with Crippen LogP contribution in [0.2, 0.25) is 0 Å². The molecular weight excluding hydrogens is 158 g/mol. The first-order valence-corrected chi connectivity index (χ1v) is 3.73. The second-order valence-corrected chi connectivity index (χ2v) is 3.70. The third kappa shape index (κ3) is 9.39. The Balaban J connectivity index is 0. The number of carboxylic acid groups (broad SMARTS) is 1. The number of carbonyl (C=O) groups is 1. The average Bonchev–Trinajstić information content (AvgIpc) is 1.53. The van der Waals surface area contributed by atoms with E-state index in [2.05, 4.69) is 0 Å². The molecule has 12 heavy (non-hydrogen) atoms. The summed E-state index contributed by atoms with van der Waals surface area (Å²) in [5, 5.41) is 19.4. The van der Waals surface area contributed by atoms with Crippen LogP contribution in [0.3, 0.4) is 0 Å². The topological polar surface area (TPSA) is 96.9 Å². The fourth-order valence-corrected chi connectivity index (χ4v) is 1.21. The van der Waals surface area contributed by atoms with Gasteiger partial charge >= 0.3 is 0 Å². The van der Waals surface area contributed by atoms with Crippen LogP contribution in [0.5, 0.6) is 0 Å². The van der Waals surface area contributed by atoms with Gasteiger partial charge in [-0.2, -0.15) is 0 Å². The Bertz CT molecular complexity index is 140. The zero-order valence-corrected chi connectivity index (χ0v) is 8.26. The lowest BCUT2D eigenvalue weighted by Crippen LogP contribution is -2.28. The quantitative estimate of drug-likeness (QED) is 0.646. The highest BCUT2D eigenvalue weighted by molar-refractivity contribution is 5.64. The first-order valence-electron chi connectivity index (χ1n) is 3.73. The summed E-state index contributed by atoms with van der Waals surface area (Å²) in [5.74, 6) is -1.08. The Labute approximate surface area is 73.2 Å². The van der Waals surface area contributed by atoms with E-state index in [4.69, 9.17) is 0 Å². The van der Waals surface area contributed by atoms with Gasteiger partial charge in [0.25, 0.3) is 0 Å². The molecule has 0 aromatic heterocycles. The highest BCUT2D eigenvalue weighted by Gasteiger charge is 2.16. The molecule has 4 heteroatoms. The molecule has 0 rings (SSSR count). The summed E-state index contributed by atoms with van der Waals surface area (Å²) in [4.78, 5) is 10.1. The van der Waals surface area contributed by atoms with Crippen molar-refractivity contribution in [3.8, 4) is 0 Å². The van der Waals surface area contributed by atoms with Gasteiger partial charge < -0.3 is 21.2 Å². The average molecular weight is 177 g/mol. The van der Waals surface area contributed by atoms with Crippen LogP contribution in [0.15, 0.2) is 0 Å². The fraction of sp³-hybridized carbons (Fsp3) is 0.875. The Kier molecular flexibility index (Phi) is 5.94. The molecule has 0 bridgehead atoms. The Morgan fingerprint density at radius 3 is 2.25 bits per heavy atom. The third-order valence-electron chi connectivity index (χ3n) is 1.36. The van der Waals surface area contributed by atoms with Crippen molar-refractivity contribution in [1.82, 2.24) is 6.15 Å². The zero-order valence-electron chi connectivity index (χ0n) is 8.26. The maximum absolute atomic E-state index is 10.1. The van der Waals surface area contributed by atoms with Crippen LogP contribution in [0.1, 0.15) is 33.6 Å². The minimum absolute atomic E-state index is 0. The molecule has 0 saturated heterocycles.